The third-order valence-corrected chi connectivity index (χ3v) is 5.10. The second-order valence-electron chi connectivity index (χ2n) is 7.17. The van der Waals surface area contributed by atoms with Gasteiger partial charge in [0, 0.05) is 19.6 Å². The number of rotatable bonds is 6. The maximum atomic E-state index is 12.6. The minimum atomic E-state index is -0.214. The molecule has 0 unspecified atom stereocenters. The number of carbonyl (C=O) groups excluding carboxylic acids is 1. The number of carbonyl (C=O) groups is 1. The molecule has 1 amide bonds. The average molecular weight is 372 g/mol. The van der Waals surface area contributed by atoms with Crippen LogP contribution < -0.4 is 10.9 Å². The SMILES string of the molecule is Cc1cc2nc(C)c(=O)n(CC(=O)NCCCN3CCOCC3)c2cc1C. The molecule has 1 aromatic heterocycles. The number of morpholine rings is 1. The van der Waals surface area contributed by atoms with Crippen LogP contribution >= 0.6 is 0 Å². The lowest BCUT2D eigenvalue weighted by Gasteiger charge is -2.26. The number of hydrogen-bond acceptors (Lipinski definition) is 5. The number of aryl methyl sites for hydroxylation is 3. The Morgan fingerprint density at radius 1 is 1.19 bits per heavy atom. The molecule has 0 atom stereocenters. The predicted molar refractivity (Wildman–Crippen MR) is 105 cm³/mol. The van der Waals surface area contributed by atoms with Crippen LogP contribution in [0.5, 0.6) is 0 Å². The molecule has 1 fully saturated rings. The molecule has 2 aromatic rings. The highest BCUT2D eigenvalue weighted by Gasteiger charge is 2.13. The topological polar surface area (TPSA) is 76.5 Å². The summed E-state index contributed by atoms with van der Waals surface area (Å²) in [4.78, 5) is 31.7. The van der Waals surface area contributed by atoms with Crippen LogP contribution in [0.2, 0.25) is 0 Å². The van der Waals surface area contributed by atoms with Crippen molar-refractivity contribution in [3.05, 3.63) is 39.3 Å². The third-order valence-electron chi connectivity index (χ3n) is 5.10. The quantitative estimate of drug-likeness (QED) is 0.770. The Hall–Kier alpha value is -2.25. The van der Waals surface area contributed by atoms with Gasteiger partial charge < -0.3 is 10.1 Å². The molecule has 1 aliphatic heterocycles. The van der Waals surface area contributed by atoms with E-state index in [4.69, 9.17) is 4.74 Å². The number of amides is 1. The summed E-state index contributed by atoms with van der Waals surface area (Å²) in [7, 11) is 0. The van der Waals surface area contributed by atoms with Gasteiger partial charge in [0.25, 0.3) is 5.56 Å². The summed E-state index contributed by atoms with van der Waals surface area (Å²) in [6, 6.07) is 3.90. The van der Waals surface area contributed by atoms with E-state index in [2.05, 4.69) is 15.2 Å². The fourth-order valence-corrected chi connectivity index (χ4v) is 3.34. The largest absolute Gasteiger partial charge is 0.379 e. The zero-order chi connectivity index (χ0) is 19.4. The van der Waals surface area contributed by atoms with Crippen LogP contribution in [-0.4, -0.2) is 59.8 Å². The van der Waals surface area contributed by atoms with Gasteiger partial charge in [-0.1, -0.05) is 0 Å². The summed E-state index contributed by atoms with van der Waals surface area (Å²) in [6.45, 7) is 10.7. The molecule has 0 saturated carbocycles. The molecular weight excluding hydrogens is 344 g/mol. The lowest BCUT2D eigenvalue weighted by Crippen LogP contribution is -2.39. The minimum Gasteiger partial charge on any atom is -0.379 e. The van der Waals surface area contributed by atoms with E-state index in [9.17, 15) is 9.59 Å². The molecular formula is C20H28N4O3. The maximum Gasteiger partial charge on any atom is 0.272 e. The Labute approximate surface area is 159 Å². The van der Waals surface area contributed by atoms with Crippen molar-refractivity contribution in [1.29, 1.82) is 0 Å². The molecule has 3 rings (SSSR count). The van der Waals surface area contributed by atoms with E-state index in [1.54, 1.807) is 6.92 Å². The van der Waals surface area contributed by atoms with Gasteiger partial charge in [-0.3, -0.25) is 19.1 Å². The highest BCUT2D eigenvalue weighted by atomic mass is 16.5. The maximum absolute atomic E-state index is 12.6. The molecule has 2 heterocycles. The lowest BCUT2D eigenvalue weighted by molar-refractivity contribution is -0.121. The summed E-state index contributed by atoms with van der Waals surface area (Å²) in [5.41, 5.74) is 3.84. The summed E-state index contributed by atoms with van der Waals surface area (Å²) >= 11 is 0. The van der Waals surface area contributed by atoms with Crippen molar-refractivity contribution in [2.75, 3.05) is 39.4 Å². The molecule has 0 spiro atoms. The van der Waals surface area contributed by atoms with Crippen LogP contribution in [0, 0.1) is 20.8 Å². The smallest absolute Gasteiger partial charge is 0.272 e. The van der Waals surface area contributed by atoms with Gasteiger partial charge >= 0.3 is 0 Å². The number of benzene rings is 1. The van der Waals surface area contributed by atoms with E-state index >= 15 is 0 Å². The second-order valence-corrected chi connectivity index (χ2v) is 7.17. The van der Waals surface area contributed by atoms with Gasteiger partial charge in [0.2, 0.25) is 5.91 Å². The molecule has 1 aromatic carbocycles. The van der Waals surface area contributed by atoms with Crippen molar-refractivity contribution in [2.24, 2.45) is 0 Å². The van der Waals surface area contributed by atoms with Crippen LogP contribution in [0.15, 0.2) is 16.9 Å². The first-order valence-corrected chi connectivity index (χ1v) is 9.51. The lowest BCUT2D eigenvalue weighted by atomic mass is 10.1. The summed E-state index contributed by atoms with van der Waals surface area (Å²) in [6.07, 6.45) is 0.884. The minimum absolute atomic E-state index is 0.0126. The van der Waals surface area contributed by atoms with Crippen molar-refractivity contribution in [2.45, 2.75) is 33.7 Å². The molecule has 7 nitrogen and oxygen atoms in total. The predicted octanol–water partition coefficient (Wildman–Crippen LogP) is 1.16. The van der Waals surface area contributed by atoms with Crippen molar-refractivity contribution in [1.82, 2.24) is 19.8 Å². The highest BCUT2D eigenvalue weighted by molar-refractivity contribution is 5.81. The Kier molecular flexibility index (Phi) is 6.23. The number of aromatic nitrogens is 2. The number of nitrogens with zero attached hydrogens (tertiary/aromatic N) is 3. The fourth-order valence-electron chi connectivity index (χ4n) is 3.34. The van der Waals surface area contributed by atoms with Crippen LogP contribution in [0.25, 0.3) is 11.0 Å². The van der Waals surface area contributed by atoms with Crippen LogP contribution in [0.4, 0.5) is 0 Å². The van der Waals surface area contributed by atoms with E-state index in [0.717, 1.165) is 55.9 Å². The average Bonchev–Trinajstić information content (AvgIpc) is 2.65. The molecule has 0 radical (unpaired) electrons. The highest BCUT2D eigenvalue weighted by Crippen LogP contribution is 2.17. The van der Waals surface area contributed by atoms with Gasteiger partial charge in [0.1, 0.15) is 12.2 Å². The zero-order valence-corrected chi connectivity index (χ0v) is 16.4. The Bertz CT molecular complexity index is 885. The van der Waals surface area contributed by atoms with Gasteiger partial charge in [-0.25, -0.2) is 4.98 Å². The first kappa shape index (κ1) is 19.5. The van der Waals surface area contributed by atoms with Crippen molar-refractivity contribution in [3.8, 4) is 0 Å². The third kappa shape index (κ3) is 4.73. The fraction of sp³-hybridized carbons (Fsp3) is 0.550. The number of fused-ring (bicyclic) bond motifs is 1. The van der Waals surface area contributed by atoms with Gasteiger partial charge in [-0.2, -0.15) is 0 Å². The van der Waals surface area contributed by atoms with Crippen LogP contribution in [0.1, 0.15) is 23.2 Å². The standard InChI is InChI=1S/C20H28N4O3/c1-14-11-17-18(12-15(14)2)24(20(26)16(3)22-17)13-19(25)21-5-4-6-23-7-9-27-10-8-23/h11-12H,4-10,13H2,1-3H3,(H,21,25). The number of hydrogen-bond donors (Lipinski definition) is 1. The van der Waals surface area contributed by atoms with Gasteiger partial charge in [-0.05, 0) is 57.0 Å². The molecule has 27 heavy (non-hydrogen) atoms. The van der Waals surface area contributed by atoms with E-state index in [1.807, 2.05) is 26.0 Å². The van der Waals surface area contributed by atoms with Crippen molar-refractivity contribution < 1.29 is 9.53 Å². The number of nitrogens with one attached hydrogen (secondary N) is 1. The van der Waals surface area contributed by atoms with E-state index in [1.165, 1.54) is 4.57 Å². The summed E-state index contributed by atoms with van der Waals surface area (Å²) < 4.78 is 6.86. The van der Waals surface area contributed by atoms with Gasteiger partial charge in [-0.15, -0.1) is 0 Å². The molecule has 7 heteroatoms. The molecule has 1 N–H and O–H groups in total. The van der Waals surface area contributed by atoms with E-state index < -0.39 is 0 Å². The summed E-state index contributed by atoms with van der Waals surface area (Å²) in [5.74, 6) is -0.149. The van der Waals surface area contributed by atoms with Crippen molar-refractivity contribution >= 4 is 16.9 Å². The second kappa shape index (κ2) is 8.63. The first-order chi connectivity index (χ1) is 13.0. The van der Waals surface area contributed by atoms with Crippen LogP contribution in [-0.2, 0) is 16.1 Å². The Morgan fingerprint density at radius 2 is 1.89 bits per heavy atom. The molecule has 146 valence electrons. The van der Waals surface area contributed by atoms with Crippen molar-refractivity contribution in [3.63, 3.8) is 0 Å². The monoisotopic (exact) mass is 372 g/mol. The van der Waals surface area contributed by atoms with E-state index in [-0.39, 0.29) is 18.0 Å². The van der Waals surface area contributed by atoms with Gasteiger partial charge in [0.05, 0.1) is 24.2 Å². The molecule has 0 aliphatic carbocycles. The van der Waals surface area contributed by atoms with E-state index in [0.29, 0.717) is 17.8 Å². The number of ether oxygens (including phenoxy) is 1. The normalized spacial score (nSPS) is 15.2. The summed E-state index contributed by atoms with van der Waals surface area (Å²) in [5, 5.41) is 2.93. The first-order valence-electron chi connectivity index (χ1n) is 9.51. The molecule has 1 saturated heterocycles. The van der Waals surface area contributed by atoms with Gasteiger partial charge in [0.15, 0.2) is 0 Å². The Balaban J connectivity index is 1.64. The molecule has 1 aliphatic rings. The molecule has 0 bridgehead atoms. The Morgan fingerprint density at radius 3 is 2.63 bits per heavy atom. The van der Waals surface area contributed by atoms with Crippen LogP contribution in [0.3, 0.4) is 0 Å². The zero-order valence-electron chi connectivity index (χ0n) is 16.4.